The van der Waals surface area contributed by atoms with Gasteiger partial charge in [-0.3, -0.25) is 4.79 Å². The smallest absolute Gasteiger partial charge is 0.207 e. The molecular formula is C23H42N6O7. The van der Waals surface area contributed by atoms with Crippen molar-refractivity contribution in [2.45, 2.75) is 86.3 Å². The summed E-state index contributed by atoms with van der Waals surface area (Å²) < 4.78 is 18.1. The predicted molar refractivity (Wildman–Crippen MR) is 129 cm³/mol. The zero-order valence-corrected chi connectivity index (χ0v) is 20.9. The molecule has 3 heterocycles. The second kappa shape index (κ2) is 11.6. The van der Waals surface area contributed by atoms with E-state index in [4.69, 9.17) is 25.7 Å². The number of hydrogen-bond donors (Lipinski definition) is 9. The fourth-order valence-corrected chi connectivity index (χ4v) is 5.93. The van der Waals surface area contributed by atoms with Crippen molar-refractivity contribution in [2.75, 3.05) is 33.3 Å². The summed E-state index contributed by atoms with van der Waals surface area (Å²) in [6.45, 7) is 3.40. The topological polar surface area (TPSA) is 206 Å². The molecule has 206 valence electrons. The van der Waals surface area contributed by atoms with Crippen LogP contribution in [0.2, 0.25) is 0 Å². The molecule has 0 aromatic rings. The summed E-state index contributed by atoms with van der Waals surface area (Å²) >= 11 is 0. The van der Waals surface area contributed by atoms with Crippen LogP contribution in [0, 0.1) is 5.92 Å². The second-order valence-electron chi connectivity index (χ2n) is 10.6. The average Bonchev–Trinajstić information content (AvgIpc) is 2.80. The quantitative estimate of drug-likeness (QED) is 0.134. The van der Waals surface area contributed by atoms with Gasteiger partial charge in [-0.15, -0.1) is 0 Å². The number of rotatable bonds is 9. The van der Waals surface area contributed by atoms with Gasteiger partial charge in [-0.1, -0.05) is 0 Å². The van der Waals surface area contributed by atoms with Gasteiger partial charge < -0.3 is 62.3 Å². The lowest BCUT2D eigenvalue weighted by molar-refractivity contribution is -0.297. The maximum atomic E-state index is 11.6. The Morgan fingerprint density at radius 2 is 2.06 bits per heavy atom. The minimum Gasteiger partial charge on any atom is -0.492 e. The maximum Gasteiger partial charge on any atom is 0.207 e. The molecule has 11 unspecified atom stereocenters. The Bertz CT molecular complexity index is 784. The third-order valence-corrected chi connectivity index (χ3v) is 7.96. The van der Waals surface area contributed by atoms with Gasteiger partial charge in [-0.05, 0) is 32.9 Å². The first kappa shape index (κ1) is 27.6. The van der Waals surface area contributed by atoms with Crippen molar-refractivity contribution in [3.8, 4) is 0 Å². The molecule has 3 aliphatic heterocycles. The van der Waals surface area contributed by atoms with Crippen LogP contribution in [-0.4, -0.2) is 122 Å². The number of likely N-dealkylation sites (N-methyl/N-ethyl adjacent to an activating group) is 1. The van der Waals surface area contributed by atoms with Crippen molar-refractivity contribution in [3.63, 3.8) is 0 Å². The van der Waals surface area contributed by atoms with E-state index in [9.17, 15) is 20.1 Å². The van der Waals surface area contributed by atoms with E-state index in [2.05, 4.69) is 21.3 Å². The Labute approximate surface area is 211 Å². The molecule has 3 fully saturated rings. The number of hydrogen-bond acceptors (Lipinski definition) is 12. The van der Waals surface area contributed by atoms with E-state index in [0.717, 1.165) is 13.1 Å². The zero-order chi connectivity index (χ0) is 26.0. The van der Waals surface area contributed by atoms with E-state index < -0.39 is 60.4 Å². The van der Waals surface area contributed by atoms with Crippen molar-refractivity contribution in [1.82, 2.24) is 21.3 Å². The highest BCUT2D eigenvalue weighted by Crippen LogP contribution is 2.37. The Morgan fingerprint density at radius 1 is 1.31 bits per heavy atom. The minimum absolute atomic E-state index is 0.0877. The molecule has 0 spiro atoms. The van der Waals surface area contributed by atoms with E-state index in [1.165, 1.54) is 0 Å². The number of ether oxygens (including phenoxy) is 3. The van der Waals surface area contributed by atoms with E-state index in [1.54, 1.807) is 14.0 Å². The summed E-state index contributed by atoms with van der Waals surface area (Å²) in [6, 6.07) is -1.67. The third kappa shape index (κ3) is 5.55. The first-order valence-electron chi connectivity index (χ1n) is 12.7. The molecule has 1 saturated carbocycles. The van der Waals surface area contributed by atoms with E-state index >= 15 is 0 Å². The van der Waals surface area contributed by atoms with Crippen LogP contribution in [0.15, 0.2) is 11.8 Å². The highest BCUT2D eigenvalue weighted by atomic mass is 16.7. The van der Waals surface area contributed by atoms with Crippen molar-refractivity contribution in [1.29, 1.82) is 0 Å². The number of amides is 1. The van der Waals surface area contributed by atoms with Gasteiger partial charge >= 0.3 is 0 Å². The van der Waals surface area contributed by atoms with Gasteiger partial charge in [0.15, 0.2) is 6.29 Å². The molecule has 0 aromatic carbocycles. The molecule has 13 nitrogen and oxygen atoms in total. The summed E-state index contributed by atoms with van der Waals surface area (Å²) in [5.74, 6) is 0.0874. The summed E-state index contributed by atoms with van der Waals surface area (Å²) in [4.78, 5) is 11.4. The average molecular weight is 515 g/mol. The van der Waals surface area contributed by atoms with Crippen LogP contribution in [0.1, 0.15) is 19.8 Å². The predicted octanol–water partition coefficient (Wildman–Crippen LogP) is -4.19. The molecule has 0 radical (unpaired) electrons. The standard InChI is InChI=1S/C23H42N6O7/c1-23(33)9-34-22(18(32)21(23)26-2)36-20-15(28-10-30)5-13(25)16(17(20)31)19-14(29-11-7-27-8-11)4-3-12(6-24)35-19/h3,10-11,13-22,26-27,29,31-33H,4-9,24-25H2,1-2H3,(H,28,30). The molecule has 11 N–H and O–H groups in total. The van der Waals surface area contributed by atoms with Crippen LogP contribution >= 0.6 is 0 Å². The van der Waals surface area contributed by atoms with Crippen LogP contribution in [0.25, 0.3) is 0 Å². The highest BCUT2D eigenvalue weighted by Gasteiger charge is 2.53. The lowest BCUT2D eigenvalue weighted by atomic mass is 9.72. The van der Waals surface area contributed by atoms with Gasteiger partial charge in [-0.2, -0.15) is 0 Å². The number of carbonyl (C=O) groups excluding carboxylic acids is 1. The van der Waals surface area contributed by atoms with Crippen molar-refractivity contribution in [3.05, 3.63) is 11.8 Å². The Hall–Kier alpha value is -1.39. The number of carbonyl (C=O) groups is 1. The minimum atomic E-state index is -1.32. The molecule has 11 atom stereocenters. The third-order valence-electron chi connectivity index (χ3n) is 7.96. The number of aliphatic hydroxyl groups is 3. The largest absolute Gasteiger partial charge is 0.492 e. The Kier molecular flexibility index (Phi) is 8.87. The molecule has 0 bridgehead atoms. The summed E-state index contributed by atoms with van der Waals surface area (Å²) in [5, 5.41) is 45.5. The monoisotopic (exact) mass is 514 g/mol. The lowest BCUT2D eigenvalue weighted by Gasteiger charge is -2.51. The first-order valence-corrected chi connectivity index (χ1v) is 12.7. The highest BCUT2D eigenvalue weighted by molar-refractivity contribution is 5.47. The molecule has 36 heavy (non-hydrogen) atoms. The van der Waals surface area contributed by atoms with Gasteiger partial charge in [0.1, 0.15) is 29.7 Å². The molecule has 2 saturated heterocycles. The van der Waals surface area contributed by atoms with E-state index in [1.807, 2.05) is 6.08 Å². The molecule has 4 aliphatic rings. The van der Waals surface area contributed by atoms with Crippen molar-refractivity contribution >= 4 is 6.41 Å². The van der Waals surface area contributed by atoms with Gasteiger partial charge in [0.2, 0.25) is 6.41 Å². The SMILES string of the molecule is CNC1C(O)C(OC2C(NC=O)CC(N)C(C3OC(CN)=CCC3NC3CNC3)C2O)OCC1(C)O. The molecule has 1 aliphatic carbocycles. The normalized spacial score (nSPS) is 45.8. The number of nitrogens with two attached hydrogens (primary N) is 2. The molecule has 13 heteroatoms. The molecule has 1 amide bonds. The maximum absolute atomic E-state index is 11.6. The molecule has 4 rings (SSSR count). The van der Waals surface area contributed by atoms with Crippen LogP contribution in [-0.2, 0) is 19.0 Å². The van der Waals surface area contributed by atoms with Crippen LogP contribution in [0.3, 0.4) is 0 Å². The summed E-state index contributed by atoms with van der Waals surface area (Å²) in [6.07, 6.45) is -1.45. The molecule has 0 aromatic heterocycles. The Morgan fingerprint density at radius 3 is 2.67 bits per heavy atom. The van der Waals surface area contributed by atoms with E-state index in [-0.39, 0.29) is 19.2 Å². The summed E-state index contributed by atoms with van der Waals surface area (Å²) in [7, 11) is 1.62. The van der Waals surface area contributed by atoms with Gasteiger partial charge in [0.25, 0.3) is 0 Å². The fraction of sp³-hybridized carbons (Fsp3) is 0.870. The second-order valence-corrected chi connectivity index (χ2v) is 10.6. The Balaban J connectivity index is 1.56. The van der Waals surface area contributed by atoms with Gasteiger partial charge in [0.05, 0.1) is 31.3 Å². The van der Waals surface area contributed by atoms with Crippen molar-refractivity contribution in [2.24, 2.45) is 17.4 Å². The van der Waals surface area contributed by atoms with Crippen LogP contribution in [0.4, 0.5) is 0 Å². The number of aliphatic hydroxyl groups excluding tert-OH is 2. The zero-order valence-electron chi connectivity index (χ0n) is 20.9. The van der Waals surface area contributed by atoms with Crippen LogP contribution < -0.4 is 32.7 Å². The van der Waals surface area contributed by atoms with Gasteiger partial charge in [0, 0.05) is 37.1 Å². The number of nitrogens with one attached hydrogen (secondary N) is 4. The lowest BCUT2D eigenvalue weighted by Crippen LogP contribution is -2.70. The summed E-state index contributed by atoms with van der Waals surface area (Å²) in [5.41, 5.74) is 11.1. The fourth-order valence-electron chi connectivity index (χ4n) is 5.93. The first-order chi connectivity index (χ1) is 17.2. The van der Waals surface area contributed by atoms with Crippen molar-refractivity contribution < 1.29 is 34.3 Å². The van der Waals surface area contributed by atoms with Gasteiger partial charge in [-0.25, -0.2) is 0 Å². The molecular weight excluding hydrogens is 472 g/mol. The van der Waals surface area contributed by atoms with E-state index in [0.29, 0.717) is 31.1 Å². The van der Waals surface area contributed by atoms with Crippen LogP contribution in [0.5, 0.6) is 0 Å².